The molecule has 0 radical (unpaired) electrons. The van der Waals surface area contributed by atoms with Crippen molar-refractivity contribution in [2.24, 2.45) is 0 Å². The van der Waals surface area contributed by atoms with Crippen molar-refractivity contribution >= 4 is 23.6 Å². The summed E-state index contributed by atoms with van der Waals surface area (Å²) in [6.45, 7) is -1.03. The van der Waals surface area contributed by atoms with E-state index in [0.717, 1.165) is 29.2 Å². The molecular formula is C20H18F3N3O5. The number of benzene rings is 2. The number of anilines is 1. The Morgan fingerprint density at radius 3 is 2.32 bits per heavy atom. The number of urea groups is 1. The number of carboxylic acid groups (broad SMARTS) is 1. The highest BCUT2D eigenvalue weighted by Crippen LogP contribution is 2.34. The molecule has 164 valence electrons. The number of carbonyl (C=O) groups is 3. The minimum absolute atomic E-state index is 0.0796. The Hall–Kier alpha value is -3.76. The summed E-state index contributed by atoms with van der Waals surface area (Å²) in [5, 5.41) is 13.7. The monoisotopic (exact) mass is 437 g/mol. The van der Waals surface area contributed by atoms with E-state index < -0.39 is 59.4 Å². The predicted molar refractivity (Wildman–Crippen MR) is 102 cm³/mol. The molecule has 3 rings (SSSR count). The minimum Gasteiger partial charge on any atom is -0.497 e. The quantitative estimate of drug-likeness (QED) is 0.643. The van der Waals surface area contributed by atoms with Gasteiger partial charge in [0.1, 0.15) is 35.8 Å². The van der Waals surface area contributed by atoms with Crippen molar-refractivity contribution in [3.8, 4) is 5.75 Å². The summed E-state index contributed by atoms with van der Waals surface area (Å²) in [5.74, 6) is -5.93. The fraction of sp³-hybridized carbons (Fsp3) is 0.250. The zero-order chi connectivity index (χ0) is 22.7. The van der Waals surface area contributed by atoms with Gasteiger partial charge < -0.3 is 25.4 Å². The Kier molecular flexibility index (Phi) is 6.33. The first-order chi connectivity index (χ1) is 14.7. The molecule has 2 atom stereocenters. The summed E-state index contributed by atoms with van der Waals surface area (Å²) in [6.07, 6.45) is 0. The molecule has 11 heteroatoms. The van der Waals surface area contributed by atoms with Crippen LogP contribution in [0.1, 0.15) is 11.5 Å². The van der Waals surface area contributed by atoms with Crippen LogP contribution in [-0.2, 0) is 9.59 Å². The van der Waals surface area contributed by atoms with Gasteiger partial charge in [0.05, 0.1) is 7.11 Å². The molecular weight excluding hydrogens is 419 g/mol. The maximum absolute atomic E-state index is 14.6. The van der Waals surface area contributed by atoms with E-state index >= 15 is 0 Å². The predicted octanol–water partition coefficient (Wildman–Crippen LogP) is 2.31. The number of amides is 3. The number of aliphatic carboxylic acids is 1. The molecule has 1 aliphatic rings. The molecule has 1 fully saturated rings. The fourth-order valence-electron chi connectivity index (χ4n) is 3.40. The molecule has 8 nitrogen and oxygen atoms in total. The van der Waals surface area contributed by atoms with Crippen molar-refractivity contribution in [1.29, 1.82) is 0 Å². The molecule has 2 aromatic carbocycles. The van der Waals surface area contributed by atoms with Crippen LogP contribution < -0.4 is 15.4 Å². The van der Waals surface area contributed by atoms with Gasteiger partial charge in [0.25, 0.3) is 0 Å². The lowest BCUT2D eigenvalue weighted by atomic mass is 9.93. The Balaban J connectivity index is 1.88. The summed E-state index contributed by atoms with van der Waals surface area (Å²) in [6, 6.07) is 4.31. The zero-order valence-corrected chi connectivity index (χ0v) is 16.2. The summed E-state index contributed by atoms with van der Waals surface area (Å²) in [4.78, 5) is 37.0. The molecule has 0 bridgehead atoms. The maximum atomic E-state index is 14.6. The van der Waals surface area contributed by atoms with Crippen LogP contribution in [0, 0.1) is 17.5 Å². The number of carboxylic acids is 1. The molecule has 0 aliphatic carbocycles. The number of hydrogen-bond donors (Lipinski definition) is 3. The first kappa shape index (κ1) is 21.9. The molecule has 1 unspecified atom stereocenters. The molecule has 2 aromatic rings. The van der Waals surface area contributed by atoms with Gasteiger partial charge in [0.15, 0.2) is 0 Å². The van der Waals surface area contributed by atoms with Crippen LogP contribution in [0.5, 0.6) is 5.75 Å². The summed E-state index contributed by atoms with van der Waals surface area (Å²) in [5.41, 5.74) is -0.265. The van der Waals surface area contributed by atoms with E-state index in [9.17, 15) is 27.6 Å². The third-order valence-corrected chi connectivity index (χ3v) is 4.77. The molecule has 0 aromatic heterocycles. The van der Waals surface area contributed by atoms with E-state index in [4.69, 9.17) is 9.84 Å². The van der Waals surface area contributed by atoms with Gasteiger partial charge in [-0.3, -0.25) is 9.59 Å². The van der Waals surface area contributed by atoms with E-state index in [0.29, 0.717) is 0 Å². The second kappa shape index (κ2) is 8.94. The van der Waals surface area contributed by atoms with E-state index in [-0.39, 0.29) is 18.0 Å². The zero-order valence-electron chi connectivity index (χ0n) is 16.2. The third kappa shape index (κ3) is 4.87. The number of ether oxygens (including phenoxy) is 1. The largest absolute Gasteiger partial charge is 0.497 e. The van der Waals surface area contributed by atoms with Crippen LogP contribution in [0.2, 0.25) is 0 Å². The molecule has 1 heterocycles. The Morgan fingerprint density at radius 2 is 1.77 bits per heavy atom. The second-order valence-electron chi connectivity index (χ2n) is 6.81. The highest BCUT2D eigenvalue weighted by molar-refractivity contribution is 5.96. The maximum Gasteiger partial charge on any atom is 0.323 e. The van der Waals surface area contributed by atoms with E-state index in [2.05, 4.69) is 10.6 Å². The topological polar surface area (TPSA) is 108 Å². The van der Waals surface area contributed by atoms with Gasteiger partial charge >= 0.3 is 12.0 Å². The molecule has 0 spiro atoms. The first-order valence-electron chi connectivity index (χ1n) is 9.06. The van der Waals surface area contributed by atoms with Crippen molar-refractivity contribution in [3.63, 3.8) is 0 Å². The number of nitrogens with zero attached hydrogens (tertiary/aromatic N) is 1. The lowest BCUT2D eigenvalue weighted by Crippen LogP contribution is -2.46. The Bertz CT molecular complexity index is 993. The molecule has 3 N–H and O–H groups in total. The lowest BCUT2D eigenvalue weighted by molar-refractivity contribution is -0.143. The van der Waals surface area contributed by atoms with Crippen molar-refractivity contribution in [2.45, 2.75) is 12.0 Å². The molecule has 0 saturated carbocycles. The van der Waals surface area contributed by atoms with Crippen LogP contribution in [0.3, 0.4) is 0 Å². The number of likely N-dealkylation sites (tertiary alicyclic amines) is 1. The summed E-state index contributed by atoms with van der Waals surface area (Å²) < 4.78 is 47.1. The number of halogens is 3. The van der Waals surface area contributed by atoms with E-state index in [1.54, 1.807) is 0 Å². The number of hydrogen-bond acceptors (Lipinski definition) is 4. The fourth-order valence-corrected chi connectivity index (χ4v) is 3.40. The van der Waals surface area contributed by atoms with Crippen LogP contribution >= 0.6 is 0 Å². The van der Waals surface area contributed by atoms with Crippen molar-refractivity contribution < 1.29 is 37.4 Å². The first-order valence-corrected chi connectivity index (χ1v) is 9.06. The second-order valence-corrected chi connectivity index (χ2v) is 6.81. The van der Waals surface area contributed by atoms with E-state index in [1.807, 2.05) is 0 Å². The van der Waals surface area contributed by atoms with Gasteiger partial charge in [-0.2, -0.15) is 0 Å². The molecule has 31 heavy (non-hydrogen) atoms. The Morgan fingerprint density at radius 1 is 1.16 bits per heavy atom. The standard InChI is InChI=1S/C20H18F3N3O5/c1-31-12-6-14(22)17(15(23)7-12)13-8-26(9-16(27)28)19(29)18(13)25-20(30)24-11-4-2-10(21)3-5-11/h2-7,13,18H,8-9H2,1H3,(H,27,28)(H2,24,25,30)/t13-,18?/m0/s1. The van der Waals surface area contributed by atoms with Gasteiger partial charge in [-0.1, -0.05) is 0 Å². The third-order valence-electron chi connectivity index (χ3n) is 4.77. The average Bonchev–Trinajstić information content (AvgIpc) is 2.98. The summed E-state index contributed by atoms with van der Waals surface area (Å²) >= 11 is 0. The van der Waals surface area contributed by atoms with Crippen LogP contribution in [0.25, 0.3) is 0 Å². The molecule has 1 saturated heterocycles. The van der Waals surface area contributed by atoms with Crippen molar-refractivity contribution in [2.75, 3.05) is 25.5 Å². The number of carbonyl (C=O) groups excluding carboxylic acids is 2. The van der Waals surface area contributed by atoms with Gasteiger partial charge in [0, 0.05) is 35.8 Å². The summed E-state index contributed by atoms with van der Waals surface area (Å²) in [7, 11) is 1.23. The van der Waals surface area contributed by atoms with Gasteiger partial charge in [0.2, 0.25) is 5.91 Å². The average molecular weight is 437 g/mol. The lowest BCUT2D eigenvalue weighted by Gasteiger charge is -2.20. The number of methoxy groups -OCH3 is 1. The molecule has 1 aliphatic heterocycles. The van der Waals surface area contributed by atoms with Crippen LogP contribution in [0.4, 0.5) is 23.7 Å². The van der Waals surface area contributed by atoms with Crippen LogP contribution in [0.15, 0.2) is 36.4 Å². The van der Waals surface area contributed by atoms with Crippen molar-refractivity contribution in [1.82, 2.24) is 10.2 Å². The van der Waals surface area contributed by atoms with Gasteiger partial charge in [-0.05, 0) is 24.3 Å². The highest BCUT2D eigenvalue weighted by atomic mass is 19.1. The van der Waals surface area contributed by atoms with Gasteiger partial charge in [-0.15, -0.1) is 0 Å². The molecule has 3 amide bonds. The smallest absolute Gasteiger partial charge is 0.323 e. The minimum atomic E-state index is -1.43. The van der Waals surface area contributed by atoms with Crippen molar-refractivity contribution in [3.05, 3.63) is 59.4 Å². The van der Waals surface area contributed by atoms with Gasteiger partial charge in [-0.25, -0.2) is 18.0 Å². The van der Waals surface area contributed by atoms with E-state index in [1.165, 1.54) is 19.2 Å². The SMILES string of the molecule is COc1cc(F)c([C@@H]2CN(CC(=O)O)C(=O)C2NC(=O)Nc2ccc(F)cc2)c(F)c1. The van der Waals surface area contributed by atoms with Crippen LogP contribution in [-0.4, -0.2) is 54.2 Å². The number of nitrogens with one attached hydrogen (secondary N) is 2. The number of rotatable bonds is 6. The highest BCUT2D eigenvalue weighted by Gasteiger charge is 2.45. The normalized spacial score (nSPS) is 18.1. The Labute approximate surface area is 174 Å².